The lowest BCUT2D eigenvalue weighted by molar-refractivity contribution is -0.242. The van der Waals surface area contributed by atoms with E-state index >= 15 is 0 Å². The van der Waals surface area contributed by atoms with Gasteiger partial charge in [-0.3, -0.25) is 5.26 Å². The maximum atomic E-state index is 10.1. The quantitative estimate of drug-likeness (QED) is 0.158. The van der Waals surface area contributed by atoms with E-state index in [0.717, 1.165) is 44.9 Å². The van der Waals surface area contributed by atoms with Crippen molar-refractivity contribution in [3.8, 4) is 0 Å². The molecule has 3 nitrogen and oxygen atoms in total. The third kappa shape index (κ3) is 14.9. The second kappa shape index (κ2) is 16.6. The Bertz CT molecular complexity index is 202. The number of hydrogen-bond acceptors (Lipinski definition) is 4. The highest BCUT2D eigenvalue weighted by atomic mass is 32.1. The first-order chi connectivity index (χ1) is 10.2. The van der Waals surface area contributed by atoms with Crippen LogP contribution in [0.3, 0.4) is 0 Å². The van der Waals surface area contributed by atoms with Crippen LogP contribution in [0.5, 0.6) is 0 Å². The second-order valence-electron chi connectivity index (χ2n) is 6.08. The van der Waals surface area contributed by atoms with E-state index < -0.39 is 0 Å². The molecule has 0 rings (SSSR count). The van der Waals surface area contributed by atoms with Crippen molar-refractivity contribution in [2.45, 2.75) is 102 Å². The van der Waals surface area contributed by atoms with Gasteiger partial charge >= 0.3 is 0 Å². The van der Waals surface area contributed by atoms with Gasteiger partial charge in [-0.05, 0) is 19.3 Å². The van der Waals surface area contributed by atoms with Crippen molar-refractivity contribution >= 4 is 12.6 Å². The molecule has 21 heavy (non-hydrogen) atoms. The molecule has 0 saturated heterocycles. The van der Waals surface area contributed by atoms with Crippen LogP contribution in [0.25, 0.3) is 0 Å². The van der Waals surface area contributed by atoms with E-state index in [1.165, 1.54) is 38.5 Å². The number of rotatable bonds is 16. The average molecular weight is 321 g/mol. The van der Waals surface area contributed by atoms with Gasteiger partial charge in [0.1, 0.15) is 0 Å². The molecule has 0 aromatic rings. The highest BCUT2D eigenvalue weighted by Gasteiger charge is 2.14. The molecule has 0 amide bonds. The van der Waals surface area contributed by atoms with E-state index in [1.54, 1.807) is 0 Å². The zero-order valence-corrected chi connectivity index (χ0v) is 14.7. The molecule has 2 atom stereocenters. The van der Waals surface area contributed by atoms with Gasteiger partial charge in [-0.25, -0.2) is 4.89 Å². The smallest absolute Gasteiger partial charge is 0.0819 e. The summed E-state index contributed by atoms with van der Waals surface area (Å²) in [4.78, 5) is 4.04. The van der Waals surface area contributed by atoms with E-state index in [1.807, 2.05) is 0 Å². The monoisotopic (exact) mass is 320 g/mol. The zero-order chi connectivity index (χ0) is 15.8. The van der Waals surface area contributed by atoms with Crippen molar-refractivity contribution in [1.82, 2.24) is 0 Å². The summed E-state index contributed by atoms with van der Waals surface area (Å²) in [7, 11) is 0. The lowest BCUT2D eigenvalue weighted by Crippen LogP contribution is -2.20. The first kappa shape index (κ1) is 21.2. The molecule has 0 aliphatic rings. The van der Waals surface area contributed by atoms with Gasteiger partial charge in [0.15, 0.2) is 0 Å². The van der Waals surface area contributed by atoms with Crippen LogP contribution in [-0.2, 0) is 4.89 Å². The third-order valence-electron chi connectivity index (χ3n) is 4.03. The SMILES string of the molecule is CCCCCCCCC(O)C(S)CCCCCCCOO. The van der Waals surface area contributed by atoms with Crippen LogP contribution in [0.2, 0.25) is 0 Å². The molecule has 0 fully saturated rings. The first-order valence-electron chi connectivity index (χ1n) is 8.84. The molecule has 0 aromatic heterocycles. The Hall–Kier alpha value is 0.230. The maximum absolute atomic E-state index is 10.1. The molecule has 2 unspecified atom stereocenters. The molecular formula is C17H36O3S. The lowest BCUT2D eigenvalue weighted by atomic mass is 10.0. The van der Waals surface area contributed by atoms with E-state index in [4.69, 9.17) is 5.26 Å². The fraction of sp³-hybridized carbons (Fsp3) is 1.00. The lowest BCUT2D eigenvalue weighted by Gasteiger charge is -2.18. The van der Waals surface area contributed by atoms with Gasteiger partial charge in [-0.15, -0.1) is 0 Å². The topological polar surface area (TPSA) is 49.7 Å². The Kier molecular flexibility index (Phi) is 16.8. The van der Waals surface area contributed by atoms with Gasteiger partial charge in [0.25, 0.3) is 0 Å². The molecule has 0 radical (unpaired) electrons. The summed E-state index contributed by atoms with van der Waals surface area (Å²) >= 11 is 4.54. The molecule has 0 saturated carbocycles. The minimum atomic E-state index is -0.248. The van der Waals surface area contributed by atoms with Gasteiger partial charge in [0.05, 0.1) is 12.7 Å². The van der Waals surface area contributed by atoms with Crippen LogP contribution in [0.1, 0.15) is 90.4 Å². The third-order valence-corrected chi connectivity index (χ3v) is 4.64. The summed E-state index contributed by atoms with van der Waals surface area (Å²) in [5.74, 6) is 0. The summed E-state index contributed by atoms with van der Waals surface area (Å²) in [6, 6.07) is 0. The van der Waals surface area contributed by atoms with Crippen LogP contribution >= 0.6 is 12.6 Å². The normalized spacial score (nSPS) is 14.3. The molecule has 0 aliphatic carbocycles. The predicted octanol–water partition coefficient (Wildman–Crippen LogP) is 5.23. The van der Waals surface area contributed by atoms with E-state index in [9.17, 15) is 5.11 Å². The molecule has 2 N–H and O–H groups in total. The molecule has 128 valence electrons. The highest BCUT2D eigenvalue weighted by Crippen LogP contribution is 2.18. The average Bonchev–Trinajstić information content (AvgIpc) is 2.49. The minimum Gasteiger partial charge on any atom is -0.392 e. The van der Waals surface area contributed by atoms with Gasteiger partial charge in [0.2, 0.25) is 0 Å². The van der Waals surface area contributed by atoms with Gasteiger partial charge in [0, 0.05) is 5.25 Å². The first-order valence-corrected chi connectivity index (χ1v) is 9.36. The van der Waals surface area contributed by atoms with E-state index in [-0.39, 0.29) is 11.4 Å². The van der Waals surface area contributed by atoms with Crippen molar-refractivity contribution in [2.75, 3.05) is 6.61 Å². The molecular weight excluding hydrogens is 284 g/mol. The van der Waals surface area contributed by atoms with Gasteiger partial charge < -0.3 is 5.11 Å². The van der Waals surface area contributed by atoms with Gasteiger partial charge in [-0.2, -0.15) is 12.6 Å². The summed E-state index contributed by atoms with van der Waals surface area (Å²) in [6.45, 7) is 2.67. The number of hydrogen-bond donors (Lipinski definition) is 3. The van der Waals surface area contributed by atoms with Crippen molar-refractivity contribution in [3.63, 3.8) is 0 Å². The Morgan fingerprint density at radius 3 is 1.95 bits per heavy atom. The Morgan fingerprint density at radius 1 is 0.810 bits per heavy atom. The maximum Gasteiger partial charge on any atom is 0.0819 e. The van der Waals surface area contributed by atoms with Crippen molar-refractivity contribution < 1.29 is 15.3 Å². The van der Waals surface area contributed by atoms with Crippen LogP contribution in [-0.4, -0.2) is 28.3 Å². The van der Waals surface area contributed by atoms with Crippen molar-refractivity contribution in [2.24, 2.45) is 0 Å². The molecule has 4 heteroatoms. The largest absolute Gasteiger partial charge is 0.392 e. The highest BCUT2D eigenvalue weighted by molar-refractivity contribution is 7.81. The van der Waals surface area contributed by atoms with Crippen molar-refractivity contribution in [1.29, 1.82) is 0 Å². The standard InChI is InChI=1S/C17H36O3S/c1-2-3-4-5-7-10-13-16(18)17(21)14-11-8-6-9-12-15-20-19/h16-19,21H,2-15H2,1H3. The molecule has 0 heterocycles. The molecule has 0 spiro atoms. The van der Waals surface area contributed by atoms with Crippen LogP contribution in [0.15, 0.2) is 0 Å². The van der Waals surface area contributed by atoms with Crippen LogP contribution in [0.4, 0.5) is 0 Å². The van der Waals surface area contributed by atoms with E-state index in [2.05, 4.69) is 24.4 Å². The summed E-state index contributed by atoms with van der Waals surface area (Å²) in [6.07, 6.45) is 14.7. The predicted molar refractivity (Wildman–Crippen MR) is 93.1 cm³/mol. The minimum absolute atomic E-state index is 0.126. The molecule has 0 aliphatic heterocycles. The number of thiol groups is 1. The molecule has 0 aromatic carbocycles. The number of aliphatic hydroxyl groups is 1. The van der Waals surface area contributed by atoms with Gasteiger partial charge in [-0.1, -0.05) is 71.1 Å². The Labute approximate surface area is 136 Å². The number of aliphatic hydroxyl groups excluding tert-OH is 1. The van der Waals surface area contributed by atoms with E-state index in [0.29, 0.717) is 6.61 Å². The second-order valence-corrected chi connectivity index (χ2v) is 6.74. The summed E-state index contributed by atoms with van der Waals surface area (Å²) in [5, 5.41) is 18.4. The fourth-order valence-electron chi connectivity index (χ4n) is 2.57. The van der Waals surface area contributed by atoms with Crippen LogP contribution < -0.4 is 0 Å². The van der Waals surface area contributed by atoms with Crippen LogP contribution in [0, 0.1) is 0 Å². The molecule has 0 bridgehead atoms. The Balaban J connectivity index is 3.34. The Morgan fingerprint density at radius 2 is 1.33 bits per heavy atom. The zero-order valence-electron chi connectivity index (χ0n) is 13.8. The number of unbranched alkanes of at least 4 members (excludes halogenated alkanes) is 9. The summed E-state index contributed by atoms with van der Waals surface area (Å²) in [5.41, 5.74) is 0. The fourth-order valence-corrected chi connectivity index (χ4v) is 2.90. The van der Waals surface area contributed by atoms with Crippen molar-refractivity contribution in [3.05, 3.63) is 0 Å². The summed E-state index contributed by atoms with van der Waals surface area (Å²) < 4.78 is 0.